The van der Waals surface area contributed by atoms with Crippen molar-refractivity contribution in [2.45, 2.75) is 44.9 Å². The van der Waals surface area contributed by atoms with E-state index in [4.69, 9.17) is 23.2 Å². The van der Waals surface area contributed by atoms with Crippen LogP contribution >= 0.6 is 23.2 Å². The Kier molecular flexibility index (Phi) is 8.17. The van der Waals surface area contributed by atoms with Gasteiger partial charge >= 0.3 is 0 Å². The van der Waals surface area contributed by atoms with Crippen LogP contribution in [0.5, 0.6) is 23.0 Å². The highest BCUT2D eigenvalue weighted by Crippen LogP contribution is 2.33. The first-order valence-electron chi connectivity index (χ1n) is 9.20. The lowest BCUT2D eigenvalue weighted by molar-refractivity contribution is 0.0970. The number of benzene rings is 2. The first-order chi connectivity index (χ1) is 13.7. The molecule has 0 radical (unpaired) electrons. The average molecular weight is 441 g/mol. The zero-order valence-electron chi connectivity index (χ0n) is 15.6. The molecule has 2 aromatic rings. The number of aromatic hydroxyl groups is 4. The van der Waals surface area contributed by atoms with Gasteiger partial charge in [-0.3, -0.25) is 9.59 Å². The molecule has 0 heterocycles. The van der Waals surface area contributed by atoms with Crippen molar-refractivity contribution in [3.63, 3.8) is 0 Å². The molecule has 29 heavy (non-hydrogen) atoms. The SMILES string of the molecule is O=C(CCCCCCCC(=O)c1cc(Cl)c(O)cc1O)c1cc(Cl)c(O)cc1O. The van der Waals surface area contributed by atoms with Crippen LogP contribution in [0.2, 0.25) is 10.0 Å². The van der Waals surface area contributed by atoms with Gasteiger partial charge in [0.1, 0.15) is 23.0 Å². The summed E-state index contributed by atoms with van der Waals surface area (Å²) in [5, 5.41) is 38.3. The fraction of sp³-hybridized carbons (Fsp3) is 0.333. The summed E-state index contributed by atoms with van der Waals surface area (Å²) in [6.07, 6.45) is 4.12. The summed E-state index contributed by atoms with van der Waals surface area (Å²) < 4.78 is 0. The maximum absolute atomic E-state index is 12.2. The average Bonchev–Trinajstić information content (AvgIpc) is 2.66. The molecule has 0 unspecified atom stereocenters. The zero-order chi connectivity index (χ0) is 21.6. The molecule has 0 bridgehead atoms. The van der Waals surface area contributed by atoms with Crippen molar-refractivity contribution in [3.05, 3.63) is 45.4 Å². The van der Waals surface area contributed by atoms with Crippen LogP contribution in [-0.2, 0) is 0 Å². The molecular formula is C21H22Cl2O6. The summed E-state index contributed by atoms with van der Waals surface area (Å²) in [7, 11) is 0. The lowest BCUT2D eigenvalue weighted by atomic mass is 10.0. The van der Waals surface area contributed by atoms with Gasteiger partial charge in [-0.2, -0.15) is 0 Å². The molecule has 0 spiro atoms. The second kappa shape index (κ2) is 10.4. The topological polar surface area (TPSA) is 115 Å². The highest BCUT2D eigenvalue weighted by molar-refractivity contribution is 6.32. The molecule has 0 fully saturated rings. The van der Waals surface area contributed by atoms with E-state index in [1.165, 1.54) is 12.1 Å². The summed E-state index contributed by atoms with van der Waals surface area (Å²) >= 11 is 11.5. The highest BCUT2D eigenvalue weighted by Gasteiger charge is 2.15. The number of Topliss-reactive ketones (excluding diaryl/α,β-unsaturated/α-hetero) is 2. The molecule has 156 valence electrons. The van der Waals surface area contributed by atoms with Gasteiger partial charge in [0.05, 0.1) is 21.2 Å². The predicted octanol–water partition coefficient (Wildman–Crippen LogP) is 5.61. The van der Waals surface area contributed by atoms with Crippen LogP contribution in [0.15, 0.2) is 24.3 Å². The first-order valence-corrected chi connectivity index (χ1v) is 9.95. The second-order valence-corrected chi connectivity index (χ2v) is 7.57. The van der Waals surface area contributed by atoms with Gasteiger partial charge < -0.3 is 20.4 Å². The molecule has 0 aliphatic heterocycles. The number of phenolic OH excluding ortho intramolecular Hbond substituents is 4. The van der Waals surface area contributed by atoms with Gasteiger partial charge in [-0.05, 0) is 25.0 Å². The Balaban J connectivity index is 1.69. The molecule has 4 N–H and O–H groups in total. The maximum Gasteiger partial charge on any atom is 0.166 e. The van der Waals surface area contributed by atoms with Crippen LogP contribution in [0.4, 0.5) is 0 Å². The Morgan fingerprint density at radius 2 is 0.931 bits per heavy atom. The number of halogens is 2. The predicted molar refractivity (Wildman–Crippen MR) is 111 cm³/mol. The number of carbonyl (C=O) groups is 2. The van der Waals surface area contributed by atoms with Crippen LogP contribution < -0.4 is 0 Å². The highest BCUT2D eigenvalue weighted by atomic mass is 35.5. The molecular weight excluding hydrogens is 419 g/mol. The molecule has 0 saturated heterocycles. The molecule has 2 rings (SSSR count). The van der Waals surface area contributed by atoms with Gasteiger partial charge in [-0.15, -0.1) is 0 Å². The van der Waals surface area contributed by atoms with E-state index in [1.807, 2.05) is 0 Å². The van der Waals surface area contributed by atoms with Crippen molar-refractivity contribution in [2.75, 3.05) is 0 Å². The Bertz CT molecular complexity index is 837. The Labute approximate surface area is 178 Å². The largest absolute Gasteiger partial charge is 0.507 e. The molecule has 0 atom stereocenters. The molecule has 0 saturated carbocycles. The Morgan fingerprint density at radius 3 is 1.31 bits per heavy atom. The van der Waals surface area contributed by atoms with Crippen molar-refractivity contribution in [3.8, 4) is 23.0 Å². The fourth-order valence-electron chi connectivity index (χ4n) is 2.92. The number of carbonyl (C=O) groups excluding carboxylic acids is 2. The van der Waals surface area contributed by atoms with E-state index in [1.54, 1.807) is 0 Å². The Hall–Kier alpha value is -2.44. The van der Waals surface area contributed by atoms with Crippen LogP contribution in [0.25, 0.3) is 0 Å². The van der Waals surface area contributed by atoms with E-state index in [0.29, 0.717) is 12.8 Å². The monoisotopic (exact) mass is 440 g/mol. The normalized spacial score (nSPS) is 10.8. The Morgan fingerprint density at radius 1 is 0.586 bits per heavy atom. The molecule has 8 heteroatoms. The van der Waals surface area contributed by atoms with Crippen molar-refractivity contribution >= 4 is 34.8 Å². The third-order valence-electron chi connectivity index (χ3n) is 4.54. The molecule has 0 aliphatic rings. The van der Waals surface area contributed by atoms with E-state index in [2.05, 4.69) is 0 Å². The van der Waals surface area contributed by atoms with Gasteiger partial charge in [-0.25, -0.2) is 0 Å². The summed E-state index contributed by atoms with van der Waals surface area (Å²) in [6.45, 7) is 0. The summed E-state index contributed by atoms with van der Waals surface area (Å²) in [5.74, 6) is -1.66. The molecule has 6 nitrogen and oxygen atoms in total. The smallest absolute Gasteiger partial charge is 0.166 e. The van der Waals surface area contributed by atoms with Crippen molar-refractivity contribution < 1.29 is 30.0 Å². The zero-order valence-corrected chi connectivity index (χ0v) is 17.1. The summed E-state index contributed by atoms with van der Waals surface area (Å²) in [4.78, 5) is 24.3. The van der Waals surface area contributed by atoms with E-state index < -0.39 is 0 Å². The van der Waals surface area contributed by atoms with Gasteiger partial charge in [0.2, 0.25) is 0 Å². The minimum Gasteiger partial charge on any atom is -0.507 e. The lowest BCUT2D eigenvalue weighted by Gasteiger charge is -2.07. The van der Waals surface area contributed by atoms with E-state index in [9.17, 15) is 30.0 Å². The molecule has 0 amide bonds. The lowest BCUT2D eigenvalue weighted by Crippen LogP contribution is -2.00. The van der Waals surface area contributed by atoms with Gasteiger partial charge in [-0.1, -0.05) is 42.5 Å². The van der Waals surface area contributed by atoms with Crippen LogP contribution in [0.3, 0.4) is 0 Å². The van der Waals surface area contributed by atoms with Gasteiger partial charge in [0.25, 0.3) is 0 Å². The summed E-state index contributed by atoms with van der Waals surface area (Å²) in [6, 6.07) is 4.60. The minimum absolute atomic E-state index is 0.0109. The number of ketones is 2. The quantitative estimate of drug-likeness (QED) is 0.281. The van der Waals surface area contributed by atoms with Crippen molar-refractivity contribution in [2.24, 2.45) is 0 Å². The van der Waals surface area contributed by atoms with Crippen LogP contribution in [0.1, 0.15) is 65.7 Å². The van der Waals surface area contributed by atoms with Crippen molar-refractivity contribution in [1.29, 1.82) is 0 Å². The standard InChI is InChI=1S/C21H22Cl2O6/c22-14-8-12(18(26)10-20(14)28)16(24)6-4-2-1-3-5-7-17(25)13-9-15(23)21(29)11-19(13)27/h8-11,26-29H,1-7H2. The number of rotatable bonds is 10. The third kappa shape index (κ3) is 6.27. The molecule has 0 aliphatic carbocycles. The first kappa shape index (κ1) is 22.8. The van der Waals surface area contributed by atoms with Crippen LogP contribution in [-0.4, -0.2) is 32.0 Å². The number of hydrogen-bond donors (Lipinski definition) is 4. The summed E-state index contributed by atoms with van der Waals surface area (Å²) in [5.41, 5.74) is 0.177. The van der Waals surface area contributed by atoms with E-state index >= 15 is 0 Å². The minimum atomic E-state index is -0.298. The number of hydrogen-bond acceptors (Lipinski definition) is 6. The van der Waals surface area contributed by atoms with E-state index in [0.717, 1.165) is 31.4 Å². The van der Waals surface area contributed by atoms with Crippen LogP contribution in [0, 0.1) is 0 Å². The van der Waals surface area contributed by atoms with Gasteiger partial charge in [0.15, 0.2) is 11.6 Å². The van der Waals surface area contributed by atoms with Gasteiger partial charge in [0, 0.05) is 25.0 Å². The third-order valence-corrected chi connectivity index (χ3v) is 5.14. The molecule has 2 aromatic carbocycles. The maximum atomic E-state index is 12.2. The second-order valence-electron chi connectivity index (χ2n) is 6.76. The van der Waals surface area contributed by atoms with Crippen molar-refractivity contribution in [1.82, 2.24) is 0 Å². The van der Waals surface area contributed by atoms with E-state index in [-0.39, 0.29) is 68.6 Å². The molecule has 0 aromatic heterocycles. The number of unbranched alkanes of at least 4 members (excludes halogenated alkanes) is 4. The number of phenols is 4. The fourth-order valence-corrected chi connectivity index (χ4v) is 3.25.